The number of nitrogens with zero attached hydrogens (tertiary/aromatic N) is 1. The van der Waals surface area contributed by atoms with Gasteiger partial charge in [0.25, 0.3) is 0 Å². The van der Waals surface area contributed by atoms with Gasteiger partial charge in [0, 0.05) is 24.0 Å². The van der Waals surface area contributed by atoms with Crippen LogP contribution in [0.5, 0.6) is 0 Å². The number of benzene rings is 3. The van der Waals surface area contributed by atoms with E-state index in [2.05, 4.69) is 17.0 Å². The van der Waals surface area contributed by atoms with Crippen molar-refractivity contribution < 1.29 is 5.11 Å². The molecule has 2 heteroatoms. The number of aliphatic hydroxyl groups excluding tert-OH is 1. The van der Waals surface area contributed by atoms with Gasteiger partial charge in [-0.05, 0) is 23.8 Å². The molecule has 0 aromatic heterocycles. The zero-order chi connectivity index (χ0) is 15.4. The quantitative estimate of drug-likeness (QED) is 0.762. The highest BCUT2D eigenvalue weighted by Gasteiger charge is 2.16. The van der Waals surface area contributed by atoms with Crippen molar-refractivity contribution in [1.82, 2.24) is 0 Å². The van der Waals surface area contributed by atoms with Gasteiger partial charge in [0.05, 0.1) is 0 Å². The molecule has 1 atom stereocenters. The maximum absolute atomic E-state index is 10.7. The maximum atomic E-state index is 10.7. The molecule has 0 aliphatic rings. The number of hydrogen-bond donors (Lipinski definition) is 1. The highest BCUT2D eigenvalue weighted by molar-refractivity contribution is 5.66. The van der Waals surface area contributed by atoms with Gasteiger partial charge in [-0.1, -0.05) is 66.7 Å². The third-order valence-electron chi connectivity index (χ3n) is 3.85. The summed E-state index contributed by atoms with van der Waals surface area (Å²) in [6, 6.07) is 27.9. The van der Waals surface area contributed by atoms with Crippen molar-refractivity contribution in [2.45, 2.75) is 6.10 Å². The summed E-state index contributed by atoms with van der Waals surface area (Å²) in [5.74, 6) is 0. The molecule has 0 fully saturated rings. The van der Waals surface area contributed by atoms with E-state index in [1.165, 1.54) is 0 Å². The van der Waals surface area contributed by atoms with Crippen LogP contribution in [0.2, 0.25) is 0 Å². The molecule has 0 spiro atoms. The van der Waals surface area contributed by atoms with E-state index in [0.29, 0.717) is 0 Å². The van der Waals surface area contributed by atoms with Gasteiger partial charge in [-0.2, -0.15) is 0 Å². The van der Waals surface area contributed by atoms with Crippen LogP contribution in [0.3, 0.4) is 0 Å². The van der Waals surface area contributed by atoms with E-state index in [1.807, 2.05) is 79.8 Å². The summed E-state index contributed by atoms with van der Waals surface area (Å²) in [4.78, 5) is 2.10. The first-order chi connectivity index (χ1) is 10.8. The number of rotatable bonds is 4. The van der Waals surface area contributed by atoms with Crippen molar-refractivity contribution in [3.8, 4) is 0 Å². The van der Waals surface area contributed by atoms with Crippen LogP contribution in [0.1, 0.15) is 17.2 Å². The Kier molecular flexibility index (Phi) is 4.22. The lowest BCUT2D eigenvalue weighted by Crippen LogP contribution is -2.13. The first-order valence-electron chi connectivity index (χ1n) is 7.38. The van der Waals surface area contributed by atoms with Crippen LogP contribution in [0.25, 0.3) is 0 Å². The third-order valence-corrected chi connectivity index (χ3v) is 3.85. The summed E-state index contributed by atoms with van der Waals surface area (Å²) in [5.41, 5.74) is 3.90. The Labute approximate surface area is 131 Å². The molecule has 0 saturated heterocycles. The van der Waals surface area contributed by atoms with Crippen molar-refractivity contribution >= 4 is 11.4 Å². The number of hydrogen-bond acceptors (Lipinski definition) is 2. The molecule has 22 heavy (non-hydrogen) atoms. The zero-order valence-electron chi connectivity index (χ0n) is 12.6. The first kappa shape index (κ1) is 14.4. The number of para-hydroxylation sites is 2. The molecule has 0 bridgehead atoms. The molecule has 0 heterocycles. The standard InChI is InChI=1S/C20H19NO/c1-21(17-12-6-3-7-13-17)19-15-9-8-14-18(19)20(22)16-10-4-2-5-11-16/h2-15,20,22H,1H3. The van der Waals surface area contributed by atoms with Gasteiger partial charge in [0.2, 0.25) is 0 Å². The van der Waals surface area contributed by atoms with Crippen molar-refractivity contribution in [1.29, 1.82) is 0 Å². The van der Waals surface area contributed by atoms with Gasteiger partial charge in [0.15, 0.2) is 0 Å². The van der Waals surface area contributed by atoms with Gasteiger partial charge in [0.1, 0.15) is 6.10 Å². The minimum Gasteiger partial charge on any atom is -0.384 e. The van der Waals surface area contributed by atoms with Crippen LogP contribution < -0.4 is 4.90 Å². The van der Waals surface area contributed by atoms with Gasteiger partial charge in [-0.25, -0.2) is 0 Å². The Morgan fingerprint density at radius 2 is 1.27 bits per heavy atom. The summed E-state index contributed by atoms with van der Waals surface area (Å²) in [6.07, 6.45) is -0.636. The van der Waals surface area contributed by atoms with E-state index in [1.54, 1.807) is 0 Å². The monoisotopic (exact) mass is 289 g/mol. The second-order valence-corrected chi connectivity index (χ2v) is 5.27. The Morgan fingerprint density at radius 1 is 0.727 bits per heavy atom. The van der Waals surface area contributed by atoms with Crippen LogP contribution in [-0.2, 0) is 0 Å². The predicted molar refractivity (Wildman–Crippen MR) is 91.5 cm³/mol. The summed E-state index contributed by atoms with van der Waals surface area (Å²) >= 11 is 0. The molecule has 0 amide bonds. The van der Waals surface area contributed by atoms with Crippen molar-refractivity contribution in [2.24, 2.45) is 0 Å². The van der Waals surface area contributed by atoms with E-state index in [4.69, 9.17) is 0 Å². The van der Waals surface area contributed by atoms with E-state index in [-0.39, 0.29) is 0 Å². The van der Waals surface area contributed by atoms with E-state index >= 15 is 0 Å². The SMILES string of the molecule is CN(c1ccccc1)c1ccccc1C(O)c1ccccc1. The second kappa shape index (κ2) is 6.46. The minimum absolute atomic E-state index is 0.636. The predicted octanol–water partition coefficient (Wildman–Crippen LogP) is 4.54. The highest BCUT2D eigenvalue weighted by atomic mass is 16.3. The molecule has 0 aliphatic carbocycles. The molecule has 110 valence electrons. The van der Waals surface area contributed by atoms with Crippen molar-refractivity contribution in [2.75, 3.05) is 11.9 Å². The Hall–Kier alpha value is -2.58. The van der Waals surface area contributed by atoms with Gasteiger partial charge in [-0.3, -0.25) is 0 Å². The Balaban J connectivity index is 2.00. The fourth-order valence-corrected chi connectivity index (χ4v) is 2.63. The van der Waals surface area contributed by atoms with Crippen LogP contribution in [-0.4, -0.2) is 12.2 Å². The summed E-state index contributed by atoms with van der Waals surface area (Å²) in [6.45, 7) is 0. The lowest BCUT2D eigenvalue weighted by Gasteiger charge is -2.25. The molecule has 3 aromatic carbocycles. The number of aliphatic hydroxyl groups is 1. The first-order valence-corrected chi connectivity index (χ1v) is 7.38. The Morgan fingerprint density at radius 3 is 1.95 bits per heavy atom. The molecule has 2 nitrogen and oxygen atoms in total. The molecule has 1 unspecified atom stereocenters. The fourth-order valence-electron chi connectivity index (χ4n) is 2.63. The lowest BCUT2D eigenvalue weighted by atomic mass is 9.99. The van der Waals surface area contributed by atoms with Crippen molar-refractivity contribution in [3.63, 3.8) is 0 Å². The van der Waals surface area contributed by atoms with E-state index in [0.717, 1.165) is 22.5 Å². The summed E-state index contributed by atoms with van der Waals surface area (Å²) in [7, 11) is 2.02. The zero-order valence-corrected chi connectivity index (χ0v) is 12.6. The molecule has 0 radical (unpaired) electrons. The Bertz CT molecular complexity index is 660. The maximum Gasteiger partial charge on any atom is 0.106 e. The topological polar surface area (TPSA) is 23.5 Å². The fraction of sp³-hybridized carbons (Fsp3) is 0.100. The van der Waals surface area contributed by atoms with Crippen molar-refractivity contribution in [3.05, 3.63) is 96.1 Å². The third kappa shape index (κ3) is 2.87. The van der Waals surface area contributed by atoms with Crippen LogP contribution in [0.15, 0.2) is 84.9 Å². The molecule has 0 aliphatic heterocycles. The smallest absolute Gasteiger partial charge is 0.106 e. The van der Waals surface area contributed by atoms with E-state index in [9.17, 15) is 5.11 Å². The normalized spacial score (nSPS) is 11.9. The second-order valence-electron chi connectivity index (χ2n) is 5.27. The molecule has 3 aromatic rings. The average Bonchev–Trinajstić information content (AvgIpc) is 2.62. The molecule has 3 rings (SSSR count). The number of anilines is 2. The molecular formula is C20H19NO. The largest absolute Gasteiger partial charge is 0.384 e. The molecule has 0 saturated carbocycles. The average molecular weight is 289 g/mol. The van der Waals surface area contributed by atoms with Crippen LogP contribution in [0, 0.1) is 0 Å². The van der Waals surface area contributed by atoms with E-state index < -0.39 is 6.10 Å². The van der Waals surface area contributed by atoms with Crippen LogP contribution >= 0.6 is 0 Å². The minimum atomic E-state index is -0.636. The summed E-state index contributed by atoms with van der Waals surface area (Å²) < 4.78 is 0. The van der Waals surface area contributed by atoms with Crippen LogP contribution in [0.4, 0.5) is 11.4 Å². The highest BCUT2D eigenvalue weighted by Crippen LogP contribution is 2.33. The van der Waals surface area contributed by atoms with Gasteiger partial charge in [-0.15, -0.1) is 0 Å². The summed E-state index contributed by atoms with van der Waals surface area (Å²) in [5, 5.41) is 10.7. The van der Waals surface area contributed by atoms with Gasteiger partial charge >= 0.3 is 0 Å². The molecule has 1 N–H and O–H groups in total. The molecular weight excluding hydrogens is 270 g/mol. The lowest BCUT2D eigenvalue weighted by molar-refractivity contribution is 0.221. The van der Waals surface area contributed by atoms with Gasteiger partial charge < -0.3 is 10.0 Å².